The van der Waals surface area contributed by atoms with Crippen molar-refractivity contribution in [3.63, 3.8) is 0 Å². The molecule has 5 fully saturated rings. The zero-order valence-corrected chi connectivity index (χ0v) is 27.1. The smallest absolute Gasteiger partial charge is 0.309 e. The van der Waals surface area contributed by atoms with Crippen LogP contribution in [-0.4, -0.2) is 23.1 Å². The summed E-state index contributed by atoms with van der Waals surface area (Å²) < 4.78 is 6.23. The second-order valence-corrected chi connectivity index (χ2v) is 16.9. The molecule has 0 aliphatic heterocycles. The van der Waals surface area contributed by atoms with Crippen molar-refractivity contribution < 1.29 is 19.4 Å². The van der Waals surface area contributed by atoms with Crippen molar-refractivity contribution in [3.05, 3.63) is 0 Å². The Balaban J connectivity index is 1.42. The number of hydrogen-bond donors (Lipinski definition) is 1. The first kappa shape index (κ1) is 30.4. The Labute approximate surface area is 245 Å². The highest BCUT2D eigenvalue weighted by Crippen LogP contribution is 2.77. The van der Waals surface area contributed by atoms with Crippen LogP contribution in [0.5, 0.6) is 0 Å². The third kappa shape index (κ3) is 4.17. The van der Waals surface area contributed by atoms with Crippen molar-refractivity contribution in [1.29, 1.82) is 0 Å². The lowest BCUT2D eigenvalue weighted by atomic mass is 9.32. The van der Waals surface area contributed by atoms with Crippen molar-refractivity contribution in [2.24, 2.45) is 62.6 Å². The first-order valence-electron chi connectivity index (χ1n) is 17.1. The number of carboxylic acids is 1. The van der Waals surface area contributed by atoms with Gasteiger partial charge in [0.25, 0.3) is 0 Å². The van der Waals surface area contributed by atoms with Crippen molar-refractivity contribution in [2.45, 2.75) is 151 Å². The van der Waals surface area contributed by atoms with Gasteiger partial charge >= 0.3 is 11.9 Å². The summed E-state index contributed by atoms with van der Waals surface area (Å²) in [6, 6.07) is 0. The van der Waals surface area contributed by atoms with Gasteiger partial charge in [-0.1, -0.05) is 68.2 Å². The number of fused-ring (bicyclic) bond motifs is 7. The quantitative estimate of drug-likeness (QED) is 0.251. The second kappa shape index (κ2) is 10.3. The highest BCUT2D eigenvalue weighted by Gasteiger charge is 2.72. The molecular weight excluding hydrogens is 496 g/mol. The van der Waals surface area contributed by atoms with Crippen LogP contribution in [0.1, 0.15) is 145 Å². The number of rotatable bonds is 7. The molecule has 0 aromatic heterocycles. The Hall–Kier alpha value is -1.06. The summed E-state index contributed by atoms with van der Waals surface area (Å²) in [5.74, 6) is 2.63. The fraction of sp³-hybridized carbons (Fsp3) is 0.944. The maximum Gasteiger partial charge on any atom is 0.309 e. The Bertz CT molecular complexity index is 985. The summed E-state index contributed by atoms with van der Waals surface area (Å²) in [7, 11) is 0. The molecule has 4 nitrogen and oxygen atoms in total. The van der Waals surface area contributed by atoms with Gasteiger partial charge in [-0.05, 0) is 122 Å². The van der Waals surface area contributed by atoms with E-state index in [1.54, 1.807) is 0 Å². The molecular formula is C36H60O4. The SMILES string of the molecule is CCCCCC(=O)O[C@H]1CC[C@]2(C)[C@H]3CCC4C5[C@H](C(C)C)CC[C@]5(C(=O)O)CC[C@@]4(C)[C@]3(C)CC[C@H]2C1(C)C. The van der Waals surface area contributed by atoms with E-state index < -0.39 is 11.4 Å². The van der Waals surface area contributed by atoms with Crippen molar-refractivity contribution in [2.75, 3.05) is 0 Å². The van der Waals surface area contributed by atoms with Gasteiger partial charge in [0, 0.05) is 11.8 Å². The van der Waals surface area contributed by atoms with E-state index in [4.69, 9.17) is 4.74 Å². The highest BCUT2D eigenvalue weighted by atomic mass is 16.5. The number of aliphatic carboxylic acids is 1. The van der Waals surface area contributed by atoms with Gasteiger partial charge in [0.15, 0.2) is 0 Å². The molecule has 40 heavy (non-hydrogen) atoms. The Morgan fingerprint density at radius 3 is 2.20 bits per heavy atom. The summed E-state index contributed by atoms with van der Waals surface area (Å²) in [6.45, 7) is 19.5. The minimum Gasteiger partial charge on any atom is -0.481 e. The van der Waals surface area contributed by atoms with E-state index in [0.717, 1.165) is 57.8 Å². The monoisotopic (exact) mass is 556 g/mol. The summed E-state index contributed by atoms with van der Waals surface area (Å²) >= 11 is 0. The minimum absolute atomic E-state index is 0.00387. The van der Waals surface area contributed by atoms with Crippen LogP contribution in [0.4, 0.5) is 0 Å². The Morgan fingerprint density at radius 1 is 0.825 bits per heavy atom. The predicted molar refractivity (Wildman–Crippen MR) is 161 cm³/mol. The highest BCUT2D eigenvalue weighted by molar-refractivity contribution is 5.76. The molecule has 0 radical (unpaired) electrons. The van der Waals surface area contributed by atoms with Gasteiger partial charge in [-0.2, -0.15) is 0 Å². The molecule has 1 N–H and O–H groups in total. The van der Waals surface area contributed by atoms with Gasteiger partial charge in [-0.25, -0.2) is 0 Å². The molecule has 5 aliphatic rings. The average molecular weight is 557 g/mol. The maximum absolute atomic E-state index is 12.9. The predicted octanol–water partition coefficient (Wildman–Crippen LogP) is 9.30. The first-order valence-corrected chi connectivity index (χ1v) is 17.1. The fourth-order valence-electron chi connectivity index (χ4n) is 12.7. The molecule has 0 spiro atoms. The Kier molecular flexibility index (Phi) is 7.82. The molecule has 10 atom stereocenters. The van der Waals surface area contributed by atoms with E-state index in [1.165, 1.54) is 25.7 Å². The van der Waals surface area contributed by atoms with Crippen LogP contribution in [0, 0.1) is 62.6 Å². The number of unbranched alkanes of at least 4 members (excludes halogenated alkanes) is 2. The minimum atomic E-state index is -0.505. The third-order valence-corrected chi connectivity index (χ3v) is 15.0. The van der Waals surface area contributed by atoms with Crippen LogP contribution in [0.3, 0.4) is 0 Å². The molecule has 0 heterocycles. The van der Waals surface area contributed by atoms with Crippen LogP contribution in [0.25, 0.3) is 0 Å². The van der Waals surface area contributed by atoms with Gasteiger partial charge in [-0.3, -0.25) is 9.59 Å². The lowest BCUT2D eigenvalue weighted by Crippen LogP contribution is -2.67. The maximum atomic E-state index is 12.9. The van der Waals surface area contributed by atoms with Crippen molar-refractivity contribution in [1.82, 2.24) is 0 Å². The molecule has 0 bridgehead atoms. The van der Waals surface area contributed by atoms with Gasteiger partial charge in [0.1, 0.15) is 6.10 Å². The number of carbonyl (C=O) groups excluding carboxylic acids is 1. The fourth-order valence-corrected chi connectivity index (χ4v) is 12.7. The number of carbonyl (C=O) groups is 2. The van der Waals surface area contributed by atoms with Crippen molar-refractivity contribution >= 4 is 11.9 Å². The number of ether oxygens (including phenoxy) is 1. The van der Waals surface area contributed by atoms with E-state index in [1.807, 2.05) is 0 Å². The van der Waals surface area contributed by atoms with E-state index in [-0.39, 0.29) is 33.7 Å². The van der Waals surface area contributed by atoms with Crippen LogP contribution >= 0.6 is 0 Å². The van der Waals surface area contributed by atoms with Crippen LogP contribution < -0.4 is 0 Å². The summed E-state index contributed by atoms with van der Waals surface area (Å²) in [5.41, 5.74) is 0.146. The normalized spacial score (nSPS) is 47.5. The van der Waals surface area contributed by atoms with Gasteiger partial charge in [-0.15, -0.1) is 0 Å². The lowest BCUT2D eigenvalue weighted by molar-refractivity contribution is -0.251. The molecule has 5 aliphatic carbocycles. The van der Waals surface area contributed by atoms with Crippen LogP contribution in [0.15, 0.2) is 0 Å². The molecule has 5 rings (SSSR count). The zero-order chi connectivity index (χ0) is 29.3. The van der Waals surface area contributed by atoms with E-state index in [2.05, 4.69) is 55.4 Å². The third-order valence-electron chi connectivity index (χ3n) is 15.0. The largest absolute Gasteiger partial charge is 0.481 e. The molecule has 228 valence electrons. The molecule has 5 saturated carbocycles. The summed E-state index contributed by atoms with van der Waals surface area (Å²) in [5, 5.41) is 10.6. The lowest BCUT2D eigenvalue weighted by Gasteiger charge is -2.72. The van der Waals surface area contributed by atoms with Crippen LogP contribution in [0.2, 0.25) is 0 Å². The number of hydrogen-bond acceptors (Lipinski definition) is 3. The standard InChI is InChI=1S/C36H60O4/c1-9-10-11-12-29(37)40-28-17-18-33(6)26(32(28,4)5)16-19-35(8)27(33)14-13-25-30-24(23(2)3)15-20-36(30,31(38)39)22-21-34(25,35)7/h23-28,30H,9-22H2,1-8H3,(H,38,39)/t24-,25?,26-,27+,28-,30?,33-,34+,35+,36-/m0/s1. The second-order valence-electron chi connectivity index (χ2n) is 16.9. The summed E-state index contributed by atoms with van der Waals surface area (Å²) in [6.07, 6.45) is 14.6. The van der Waals surface area contributed by atoms with Crippen LogP contribution in [-0.2, 0) is 14.3 Å². The van der Waals surface area contributed by atoms with Crippen molar-refractivity contribution in [3.8, 4) is 0 Å². The topological polar surface area (TPSA) is 63.6 Å². The molecule has 0 aromatic carbocycles. The first-order chi connectivity index (χ1) is 18.7. The average Bonchev–Trinajstić information content (AvgIpc) is 3.28. The van der Waals surface area contributed by atoms with Gasteiger partial charge < -0.3 is 9.84 Å². The van der Waals surface area contributed by atoms with E-state index in [0.29, 0.717) is 41.9 Å². The number of carboxylic acid groups (broad SMARTS) is 1. The zero-order valence-electron chi connectivity index (χ0n) is 27.1. The molecule has 0 amide bonds. The summed E-state index contributed by atoms with van der Waals surface area (Å²) in [4.78, 5) is 25.7. The molecule has 2 unspecified atom stereocenters. The van der Waals surface area contributed by atoms with E-state index in [9.17, 15) is 14.7 Å². The van der Waals surface area contributed by atoms with Gasteiger partial charge in [0.05, 0.1) is 5.41 Å². The Morgan fingerprint density at radius 2 is 1.55 bits per heavy atom. The molecule has 0 saturated heterocycles. The molecule has 4 heteroatoms. The number of esters is 1. The van der Waals surface area contributed by atoms with Gasteiger partial charge in [0.2, 0.25) is 0 Å². The van der Waals surface area contributed by atoms with E-state index >= 15 is 0 Å². The molecule has 0 aromatic rings.